The average Bonchev–Trinajstić information content (AvgIpc) is 2.57. The maximum Gasteiger partial charge on any atom is 0.0686 e. The van der Waals surface area contributed by atoms with Crippen LogP contribution in [0, 0.1) is 0 Å². The molecular formula is C9H16ClNO. The third-order valence-corrected chi connectivity index (χ3v) is 2.37. The standard InChI is InChI=1S/C9H16ClNO/c1-8(5-10)6-12-7-9-3-2-4-11-9/h5,9,11H,2-4,6-7H2,1H3. The first-order valence-electron chi connectivity index (χ1n) is 4.40. The highest BCUT2D eigenvalue weighted by Gasteiger charge is 2.13. The Morgan fingerprint density at radius 3 is 3.17 bits per heavy atom. The summed E-state index contributed by atoms with van der Waals surface area (Å²) in [6, 6.07) is 0.563. The van der Waals surface area contributed by atoms with E-state index >= 15 is 0 Å². The molecule has 0 saturated carbocycles. The van der Waals surface area contributed by atoms with Crippen LogP contribution in [0.3, 0.4) is 0 Å². The van der Waals surface area contributed by atoms with Gasteiger partial charge in [-0.05, 0) is 31.9 Å². The Morgan fingerprint density at radius 1 is 1.75 bits per heavy atom. The molecule has 1 unspecified atom stereocenters. The summed E-state index contributed by atoms with van der Waals surface area (Å²) in [4.78, 5) is 0. The molecule has 1 N–H and O–H groups in total. The van der Waals surface area contributed by atoms with Crippen LogP contribution >= 0.6 is 11.6 Å². The van der Waals surface area contributed by atoms with Gasteiger partial charge in [-0.15, -0.1) is 0 Å². The molecule has 12 heavy (non-hydrogen) atoms. The second-order valence-corrected chi connectivity index (χ2v) is 3.48. The van der Waals surface area contributed by atoms with Crippen LogP contribution in [0.2, 0.25) is 0 Å². The molecule has 1 aliphatic heterocycles. The minimum Gasteiger partial charge on any atom is -0.375 e. The van der Waals surface area contributed by atoms with Crippen molar-refractivity contribution in [3.63, 3.8) is 0 Å². The van der Waals surface area contributed by atoms with Gasteiger partial charge < -0.3 is 10.1 Å². The van der Waals surface area contributed by atoms with Gasteiger partial charge in [0.2, 0.25) is 0 Å². The van der Waals surface area contributed by atoms with Crippen LogP contribution in [-0.4, -0.2) is 25.8 Å². The molecule has 0 aliphatic carbocycles. The fraction of sp³-hybridized carbons (Fsp3) is 0.778. The first kappa shape index (κ1) is 10.0. The van der Waals surface area contributed by atoms with Crippen LogP contribution in [0.15, 0.2) is 11.1 Å². The van der Waals surface area contributed by atoms with Gasteiger partial charge >= 0.3 is 0 Å². The van der Waals surface area contributed by atoms with E-state index in [4.69, 9.17) is 16.3 Å². The van der Waals surface area contributed by atoms with E-state index in [0.29, 0.717) is 12.6 Å². The largest absolute Gasteiger partial charge is 0.375 e. The quantitative estimate of drug-likeness (QED) is 0.730. The van der Waals surface area contributed by atoms with E-state index in [1.165, 1.54) is 12.8 Å². The topological polar surface area (TPSA) is 21.3 Å². The van der Waals surface area contributed by atoms with Crippen molar-refractivity contribution in [3.8, 4) is 0 Å². The van der Waals surface area contributed by atoms with Crippen LogP contribution in [0.25, 0.3) is 0 Å². The highest BCUT2D eigenvalue weighted by molar-refractivity contribution is 6.25. The van der Waals surface area contributed by atoms with Gasteiger partial charge in [0.25, 0.3) is 0 Å². The lowest BCUT2D eigenvalue weighted by molar-refractivity contribution is 0.136. The van der Waals surface area contributed by atoms with Crippen molar-refractivity contribution in [2.45, 2.75) is 25.8 Å². The zero-order valence-corrected chi connectivity index (χ0v) is 8.23. The number of nitrogens with one attached hydrogen (secondary N) is 1. The average molecular weight is 190 g/mol. The van der Waals surface area contributed by atoms with E-state index in [9.17, 15) is 0 Å². The summed E-state index contributed by atoms with van der Waals surface area (Å²) >= 11 is 5.49. The summed E-state index contributed by atoms with van der Waals surface area (Å²) in [5, 5.41) is 3.37. The second-order valence-electron chi connectivity index (χ2n) is 3.26. The smallest absolute Gasteiger partial charge is 0.0686 e. The van der Waals surface area contributed by atoms with Gasteiger partial charge in [-0.1, -0.05) is 11.6 Å². The van der Waals surface area contributed by atoms with Crippen molar-refractivity contribution < 1.29 is 4.74 Å². The molecular weight excluding hydrogens is 174 g/mol. The summed E-state index contributed by atoms with van der Waals surface area (Å²) in [6.07, 6.45) is 2.52. The molecule has 1 saturated heterocycles. The molecule has 1 atom stereocenters. The van der Waals surface area contributed by atoms with E-state index in [1.54, 1.807) is 5.54 Å². The maximum atomic E-state index is 5.49. The molecule has 2 nitrogen and oxygen atoms in total. The Labute approximate surface area is 78.9 Å². The summed E-state index contributed by atoms with van der Waals surface area (Å²) in [5.41, 5.74) is 2.65. The van der Waals surface area contributed by atoms with E-state index < -0.39 is 0 Å². The lowest BCUT2D eigenvalue weighted by Gasteiger charge is -2.10. The summed E-state index contributed by atoms with van der Waals surface area (Å²) in [7, 11) is 0. The van der Waals surface area contributed by atoms with Crippen molar-refractivity contribution in [2.75, 3.05) is 19.8 Å². The van der Waals surface area contributed by atoms with Gasteiger partial charge in [0, 0.05) is 11.6 Å². The molecule has 3 heteroatoms. The van der Waals surface area contributed by atoms with Crippen LogP contribution in [0.1, 0.15) is 19.8 Å². The Hall–Kier alpha value is -0.0500. The predicted octanol–water partition coefficient (Wildman–Crippen LogP) is 1.90. The van der Waals surface area contributed by atoms with Crippen LogP contribution in [0.5, 0.6) is 0 Å². The second kappa shape index (κ2) is 5.57. The molecule has 0 aromatic carbocycles. The van der Waals surface area contributed by atoms with Crippen LogP contribution in [-0.2, 0) is 4.74 Å². The molecule has 1 aliphatic rings. The zero-order chi connectivity index (χ0) is 8.81. The van der Waals surface area contributed by atoms with Gasteiger partial charge in [-0.3, -0.25) is 0 Å². The van der Waals surface area contributed by atoms with Crippen molar-refractivity contribution in [1.82, 2.24) is 5.32 Å². The van der Waals surface area contributed by atoms with Crippen molar-refractivity contribution in [1.29, 1.82) is 0 Å². The van der Waals surface area contributed by atoms with Gasteiger partial charge in [0.15, 0.2) is 0 Å². The fourth-order valence-electron chi connectivity index (χ4n) is 1.29. The van der Waals surface area contributed by atoms with Crippen LogP contribution < -0.4 is 5.32 Å². The maximum absolute atomic E-state index is 5.49. The van der Waals surface area contributed by atoms with Crippen molar-refractivity contribution in [2.24, 2.45) is 0 Å². The molecule has 0 amide bonds. The van der Waals surface area contributed by atoms with E-state index in [2.05, 4.69) is 5.32 Å². The van der Waals surface area contributed by atoms with Gasteiger partial charge in [0.1, 0.15) is 0 Å². The number of hydrogen-bond acceptors (Lipinski definition) is 2. The van der Waals surface area contributed by atoms with Crippen molar-refractivity contribution in [3.05, 3.63) is 11.1 Å². The minimum atomic E-state index is 0.563. The number of hydrogen-bond donors (Lipinski definition) is 1. The summed E-state index contributed by atoms with van der Waals surface area (Å²) < 4.78 is 5.46. The third-order valence-electron chi connectivity index (χ3n) is 2.00. The van der Waals surface area contributed by atoms with E-state index in [-0.39, 0.29) is 0 Å². The highest BCUT2D eigenvalue weighted by Crippen LogP contribution is 2.05. The number of rotatable bonds is 4. The highest BCUT2D eigenvalue weighted by atomic mass is 35.5. The molecule has 0 spiro atoms. The van der Waals surface area contributed by atoms with Crippen LogP contribution in [0.4, 0.5) is 0 Å². The molecule has 0 bridgehead atoms. The Kier molecular flexibility index (Phi) is 4.66. The third kappa shape index (κ3) is 3.57. The molecule has 0 radical (unpaired) electrons. The number of halogens is 1. The lowest BCUT2D eigenvalue weighted by Crippen LogP contribution is -2.26. The minimum absolute atomic E-state index is 0.563. The Balaban J connectivity index is 2.01. The normalized spacial score (nSPS) is 24.8. The fourth-order valence-corrected chi connectivity index (χ4v) is 1.36. The SMILES string of the molecule is CC(=CCl)COCC1CCCN1. The molecule has 0 aromatic heterocycles. The van der Waals surface area contributed by atoms with Gasteiger partial charge in [0.05, 0.1) is 13.2 Å². The van der Waals surface area contributed by atoms with E-state index in [1.807, 2.05) is 6.92 Å². The molecule has 1 fully saturated rings. The lowest BCUT2D eigenvalue weighted by atomic mass is 10.2. The molecule has 70 valence electrons. The Bertz CT molecular complexity index is 153. The first-order valence-corrected chi connectivity index (χ1v) is 4.83. The molecule has 0 aromatic rings. The molecule has 1 heterocycles. The van der Waals surface area contributed by atoms with Gasteiger partial charge in [-0.2, -0.15) is 0 Å². The van der Waals surface area contributed by atoms with Gasteiger partial charge in [-0.25, -0.2) is 0 Å². The predicted molar refractivity (Wildman–Crippen MR) is 51.5 cm³/mol. The summed E-state index contributed by atoms with van der Waals surface area (Å²) in [5.74, 6) is 0. The summed E-state index contributed by atoms with van der Waals surface area (Å²) in [6.45, 7) is 4.57. The number of ether oxygens (including phenoxy) is 1. The first-order chi connectivity index (χ1) is 5.83. The monoisotopic (exact) mass is 189 g/mol. The van der Waals surface area contributed by atoms with Crippen molar-refractivity contribution >= 4 is 11.6 Å². The van der Waals surface area contributed by atoms with E-state index in [0.717, 1.165) is 18.7 Å². The Morgan fingerprint density at radius 2 is 2.58 bits per heavy atom. The molecule has 1 rings (SSSR count). The zero-order valence-electron chi connectivity index (χ0n) is 7.48.